The molecule has 1 aliphatic heterocycles. The van der Waals surface area contributed by atoms with E-state index in [9.17, 15) is 0 Å². The molecule has 0 saturated heterocycles. The summed E-state index contributed by atoms with van der Waals surface area (Å²) in [4.78, 5) is 4.66. The number of aromatic nitrogens is 3. The van der Waals surface area contributed by atoms with Crippen molar-refractivity contribution in [2.75, 3.05) is 6.54 Å². The molecule has 1 aromatic heterocycles. The molecule has 0 aromatic carbocycles. The predicted octanol–water partition coefficient (Wildman–Crippen LogP) is 1.71. The Hall–Kier alpha value is -1.59. The van der Waals surface area contributed by atoms with E-state index in [1.165, 1.54) is 12.8 Å². The van der Waals surface area contributed by atoms with Gasteiger partial charge in [0.15, 0.2) is 11.8 Å². The van der Waals surface area contributed by atoms with Crippen LogP contribution in [0.15, 0.2) is 4.99 Å². The number of hydrogen-bond acceptors (Lipinski definition) is 3. The summed E-state index contributed by atoms with van der Waals surface area (Å²) in [5.74, 6) is 3.50. The van der Waals surface area contributed by atoms with E-state index >= 15 is 0 Å². The Morgan fingerprint density at radius 2 is 2.10 bits per heavy atom. The average Bonchev–Trinajstić information content (AvgIpc) is 2.88. The number of guanidine groups is 1. The number of nitrogens with one attached hydrogen (secondary N) is 2. The molecule has 0 bridgehead atoms. The Labute approximate surface area is 127 Å². The van der Waals surface area contributed by atoms with Gasteiger partial charge in [0.05, 0.1) is 0 Å². The molecule has 1 aliphatic rings. The third kappa shape index (κ3) is 4.19. The standard InChI is InChI=1S/C15H28N6/c1-5-16-15(18-12(4)11(2)3)17-10-14-20-19-13-8-6-7-9-21(13)14/h11-12H,5-10H2,1-4H3,(H2,16,17,18). The van der Waals surface area contributed by atoms with Crippen molar-refractivity contribution < 1.29 is 0 Å². The summed E-state index contributed by atoms with van der Waals surface area (Å²) in [7, 11) is 0. The molecule has 0 saturated carbocycles. The maximum atomic E-state index is 4.66. The van der Waals surface area contributed by atoms with Crippen molar-refractivity contribution in [3.63, 3.8) is 0 Å². The van der Waals surface area contributed by atoms with E-state index in [-0.39, 0.29) is 0 Å². The van der Waals surface area contributed by atoms with E-state index in [0.717, 1.165) is 37.1 Å². The minimum atomic E-state index is 0.384. The van der Waals surface area contributed by atoms with E-state index < -0.39 is 0 Å². The monoisotopic (exact) mass is 292 g/mol. The Kier molecular flexibility index (Phi) is 5.59. The van der Waals surface area contributed by atoms with Gasteiger partial charge in [-0.3, -0.25) is 0 Å². The highest BCUT2D eigenvalue weighted by Crippen LogP contribution is 2.14. The highest BCUT2D eigenvalue weighted by molar-refractivity contribution is 5.80. The third-order valence-corrected chi connectivity index (χ3v) is 4.02. The number of nitrogens with zero attached hydrogens (tertiary/aromatic N) is 4. The van der Waals surface area contributed by atoms with Crippen LogP contribution in [0.3, 0.4) is 0 Å². The fraction of sp³-hybridized carbons (Fsp3) is 0.800. The lowest BCUT2D eigenvalue weighted by Gasteiger charge is -2.20. The lowest BCUT2D eigenvalue weighted by atomic mass is 10.1. The SMILES string of the molecule is CCNC(=NCc1nnc2n1CCCC2)NC(C)C(C)C. The molecule has 0 spiro atoms. The van der Waals surface area contributed by atoms with Crippen molar-refractivity contribution in [1.82, 2.24) is 25.4 Å². The molecule has 118 valence electrons. The molecule has 2 N–H and O–H groups in total. The van der Waals surface area contributed by atoms with Crippen molar-refractivity contribution in [3.05, 3.63) is 11.6 Å². The van der Waals surface area contributed by atoms with Crippen molar-refractivity contribution in [2.45, 2.75) is 66.1 Å². The number of aliphatic imine (C=N–C) groups is 1. The van der Waals surface area contributed by atoms with Gasteiger partial charge in [-0.05, 0) is 32.6 Å². The summed E-state index contributed by atoms with van der Waals surface area (Å²) in [6, 6.07) is 0.384. The van der Waals surface area contributed by atoms with Gasteiger partial charge in [-0.2, -0.15) is 0 Å². The van der Waals surface area contributed by atoms with Gasteiger partial charge in [-0.15, -0.1) is 10.2 Å². The second-order valence-corrected chi connectivity index (χ2v) is 6.01. The zero-order valence-electron chi connectivity index (χ0n) is 13.7. The molecular formula is C15H28N6. The minimum Gasteiger partial charge on any atom is -0.357 e. The predicted molar refractivity (Wildman–Crippen MR) is 85.2 cm³/mol. The third-order valence-electron chi connectivity index (χ3n) is 4.02. The lowest BCUT2D eigenvalue weighted by molar-refractivity contribution is 0.480. The van der Waals surface area contributed by atoms with Crippen LogP contribution in [0.1, 0.15) is 52.2 Å². The molecule has 1 aromatic rings. The number of rotatable bonds is 5. The highest BCUT2D eigenvalue weighted by atomic mass is 15.3. The van der Waals surface area contributed by atoms with E-state index in [1.54, 1.807) is 0 Å². The zero-order valence-corrected chi connectivity index (χ0v) is 13.7. The van der Waals surface area contributed by atoms with E-state index in [0.29, 0.717) is 18.5 Å². The van der Waals surface area contributed by atoms with Crippen molar-refractivity contribution in [3.8, 4) is 0 Å². The van der Waals surface area contributed by atoms with E-state index in [1.807, 2.05) is 0 Å². The minimum absolute atomic E-state index is 0.384. The van der Waals surface area contributed by atoms with Crippen LogP contribution in [0, 0.1) is 5.92 Å². The normalized spacial score (nSPS) is 16.7. The summed E-state index contributed by atoms with van der Waals surface area (Å²) in [6.07, 6.45) is 3.47. The molecule has 0 radical (unpaired) electrons. The van der Waals surface area contributed by atoms with Gasteiger partial charge in [0.1, 0.15) is 12.4 Å². The molecule has 0 aliphatic carbocycles. The first-order valence-electron chi connectivity index (χ1n) is 8.07. The summed E-state index contributed by atoms with van der Waals surface area (Å²) in [6.45, 7) is 11.1. The fourth-order valence-corrected chi connectivity index (χ4v) is 2.34. The Morgan fingerprint density at radius 1 is 1.29 bits per heavy atom. The Morgan fingerprint density at radius 3 is 2.81 bits per heavy atom. The maximum Gasteiger partial charge on any atom is 0.191 e. The molecule has 0 amide bonds. The van der Waals surface area contributed by atoms with Crippen LogP contribution in [0.2, 0.25) is 0 Å². The second-order valence-electron chi connectivity index (χ2n) is 6.01. The molecule has 1 atom stereocenters. The Bertz CT molecular complexity index is 477. The maximum absolute atomic E-state index is 4.66. The van der Waals surface area contributed by atoms with E-state index in [4.69, 9.17) is 0 Å². The first-order chi connectivity index (χ1) is 10.1. The number of fused-ring (bicyclic) bond motifs is 1. The average molecular weight is 292 g/mol. The molecule has 2 rings (SSSR count). The molecule has 0 fully saturated rings. The summed E-state index contributed by atoms with van der Waals surface area (Å²) in [5, 5.41) is 15.3. The largest absolute Gasteiger partial charge is 0.357 e. The fourth-order valence-electron chi connectivity index (χ4n) is 2.34. The first-order valence-corrected chi connectivity index (χ1v) is 8.07. The van der Waals surface area contributed by atoms with Crippen LogP contribution in [-0.4, -0.2) is 33.3 Å². The van der Waals surface area contributed by atoms with Gasteiger partial charge in [-0.1, -0.05) is 13.8 Å². The highest BCUT2D eigenvalue weighted by Gasteiger charge is 2.15. The molecule has 6 heteroatoms. The molecular weight excluding hydrogens is 264 g/mol. The smallest absolute Gasteiger partial charge is 0.191 e. The number of aryl methyl sites for hydroxylation is 1. The van der Waals surface area contributed by atoms with Crippen molar-refractivity contribution in [2.24, 2.45) is 10.9 Å². The first kappa shape index (κ1) is 15.8. The van der Waals surface area contributed by atoms with Crippen LogP contribution >= 0.6 is 0 Å². The second kappa shape index (κ2) is 7.43. The molecule has 2 heterocycles. The van der Waals surface area contributed by atoms with Crippen LogP contribution in [0.5, 0.6) is 0 Å². The quantitative estimate of drug-likeness (QED) is 0.640. The van der Waals surface area contributed by atoms with Gasteiger partial charge in [0.25, 0.3) is 0 Å². The van der Waals surface area contributed by atoms with Crippen LogP contribution in [-0.2, 0) is 19.5 Å². The van der Waals surface area contributed by atoms with Gasteiger partial charge >= 0.3 is 0 Å². The van der Waals surface area contributed by atoms with Crippen LogP contribution < -0.4 is 10.6 Å². The topological polar surface area (TPSA) is 67.1 Å². The van der Waals surface area contributed by atoms with Gasteiger partial charge in [0, 0.05) is 25.6 Å². The van der Waals surface area contributed by atoms with E-state index in [2.05, 4.69) is 58.1 Å². The summed E-state index contributed by atoms with van der Waals surface area (Å²) in [5.41, 5.74) is 0. The van der Waals surface area contributed by atoms with Crippen LogP contribution in [0.25, 0.3) is 0 Å². The van der Waals surface area contributed by atoms with Crippen molar-refractivity contribution >= 4 is 5.96 Å². The zero-order chi connectivity index (χ0) is 15.2. The van der Waals surface area contributed by atoms with Gasteiger partial charge in [0.2, 0.25) is 0 Å². The lowest BCUT2D eigenvalue weighted by Crippen LogP contribution is -2.44. The van der Waals surface area contributed by atoms with Crippen molar-refractivity contribution in [1.29, 1.82) is 0 Å². The Balaban J connectivity index is 2.03. The molecule has 6 nitrogen and oxygen atoms in total. The number of hydrogen-bond donors (Lipinski definition) is 2. The summed E-state index contributed by atoms with van der Waals surface area (Å²) < 4.78 is 2.22. The summed E-state index contributed by atoms with van der Waals surface area (Å²) >= 11 is 0. The molecule has 21 heavy (non-hydrogen) atoms. The van der Waals surface area contributed by atoms with Crippen LogP contribution in [0.4, 0.5) is 0 Å². The van der Waals surface area contributed by atoms with Gasteiger partial charge < -0.3 is 15.2 Å². The van der Waals surface area contributed by atoms with Gasteiger partial charge in [-0.25, -0.2) is 4.99 Å². The molecule has 1 unspecified atom stereocenters.